The van der Waals surface area contributed by atoms with Crippen LogP contribution in [0, 0.1) is 0 Å². The number of nitrogens with one attached hydrogen (secondary N) is 1. The minimum Gasteiger partial charge on any atom is -0.378 e. The fraction of sp³-hybridized carbons (Fsp3) is 0.333. The summed E-state index contributed by atoms with van der Waals surface area (Å²) in [7, 11) is 0. The highest BCUT2D eigenvalue weighted by molar-refractivity contribution is 6.44. The highest BCUT2D eigenvalue weighted by Crippen LogP contribution is 2.29. The Morgan fingerprint density at radius 3 is 2.32 bits per heavy atom. The number of rotatable bonds is 1. The SMILES string of the molecule is O=C(Nc1c(Cl)cccc1Cl)C(=O)N1CCOCC1. The number of morpholine rings is 1. The van der Waals surface area contributed by atoms with Crippen LogP contribution in [0.3, 0.4) is 0 Å². The number of anilines is 1. The Bertz CT molecular complexity index is 481. The molecule has 0 saturated carbocycles. The van der Waals surface area contributed by atoms with E-state index in [1.54, 1.807) is 18.2 Å². The minimum atomic E-state index is -0.753. The molecule has 0 unspecified atom stereocenters. The highest BCUT2D eigenvalue weighted by Gasteiger charge is 2.24. The van der Waals surface area contributed by atoms with Crippen molar-refractivity contribution in [2.45, 2.75) is 0 Å². The van der Waals surface area contributed by atoms with Gasteiger partial charge in [-0.1, -0.05) is 29.3 Å². The highest BCUT2D eigenvalue weighted by atomic mass is 35.5. The van der Waals surface area contributed by atoms with E-state index in [2.05, 4.69) is 5.32 Å². The van der Waals surface area contributed by atoms with Crippen molar-refractivity contribution in [3.05, 3.63) is 28.2 Å². The third kappa shape index (κ3) is 3.37. The molecule has 102 valence electrons. The lowest BCUT2D eigenvalue weighted by atomic mass is 10.3. The largest absolute Gasteiger partial charge is 0.378 e. The molecule has 5 nitrogen and oxygen atoms in total. The number of amides is 2. The molecule has 0 atom stereocenters. The van der Waals surface area contributed by atoms with Crippen LogP contribution in [0.15, 0.2) is 18.2 Å². The molecule has 1 aromatic carbocycles. The maximum Gasteiger partial charge on any atom is 0.313 e. The lowest BCUT2D eigenvalue weighted by molar-refractivity contribution is -0.145. The molecule has 1 saturated heterocycles. The predicted molar refractivity (Wildman–Crippen MR) is 72.5 cm³/mol. The number of hydrogen-bond acceptors (Lipinski definition) is 3. The second-order valence-corrected chi connectivity index (χ2v) is 4.77. The summed E-state index contributed by atoms with van der Waals surface area (Å²) in [5.41, 5.74) is 0.248. The van der Waals surface area contributed by atoms with E-state index in [9.17, 15) is 9.59 Å². The second-order valence-electron chi connectivity index (χ2n) is 3.96. The van der Waals surface area contributed by atoms with Gasteiger partial charge in [0.25, 0.3) is 0 Å². The summed E-state index contributed by atoms with van der Waals surface area (Å²) in [5.74, 6) is -1.36. The number of hydrogen-bond donors (Lipinski definition) is 1. The Labute approximate surface area is 120 Å². The molecule has 1 aliphatic rings. The average Bonchev–Trinajstić information content (AvgIpc) is 2.43. The average molecular weight is 303 g/mol. The fourth-order valence-corrected chi connectivity index (χ4v) is 2.19. The van der Waals surface area contributed by atoms with E-state index in [0.29, 0.717) is 26.3 Å². The van der Waals surface area contributed by atoms with Crippen molar-refractivity contribution >= 4 is 40.7 Å². The first-order chi connectivity index (χ1) is 9.09. The Morgan fingerprint density at radius 2 is 1.74 bits per heavy atom. The zero-order valence-electron chi connectivity index (χ0n) is 9.99. The van der Waals surface area contributed by atoms with Crippen molar-refractivity contribution in [2.24, 2.45) is 0 Å². The van der Waals surface area contributed by atoms with Gasteiger partial charge >= 0.3 is 11.8 Å². The zero-order chi connectivity index (χ0) is 13.8. The van der Waals surface area contributed by atoms with Crippen LogP contribution in [-0.4, -0.2) is 43.0 Å². The van der Waals surface area contributed by atoms with E-state index >= 15 is 0 Å². The molecular weight excluding hydrogens is 291 g/mol. The van der Waals surface area contributed by atoms with Crippen LogP contribution in [0.5, 0.6) is 0 Å². The van der Waals surface area contributed by atoms with Crippen LogP contribution >= 0.6 is 23.2 Å². The van der Waals surface area contributed by atoms with Gasteiger partial charge in [-0.05, 0) is 12.1 Å². The third-order valence-corrected chi connectivity index (χ3v) is 3.32. The van der Waals surface area contributed by atoms with Gasteiger partial charge in [-0.25, -0.2) is 0 Å². The van der Waals surface area contributed by atoms with Crippen molar-refractivity contribution in [1.29, 1.82) is 0 Å². The van der Waals surface area contributed by atoms with E-state index in [0.717, 1.165) is 0 Å². The standard InChI is InChI=1S/C12H12Cl2N2O3/c13-8-2-1-3-9(14)10(8)15-11(17)12(18)16-4-6-19-7-5-16/h1-3H,4-7H2,(H,15,17). The monoisotopic (exact) mass is 302 g/mol. The maximum absolute atomic E-state index is 11.9. The molecule has 1 heterocycles. The van der Waals surface area contributed by atoms with Crippen molar-refractivity contribution in [2.75, 3.05) is 31.6 Å². The molecule has 19 heavy (non-hydrogen) atoms. The second kappa shape index (κ2) is 6.23. The van der Waals surface area contributed by atoms with Gasteiger partial charge in [-0.15, -0.1) is 0 Å². The third-order valence-electron chi connectivity index (χ3n) is 2.69. The minimum absolute atomic E-state index is 0.248. The number of halogens is 2. The van der Waals surface area contributed by atoms with Crippen LogP contribution in [-0.2, 0) is 14.3 Å². The molecule has 0 aliphatic carbocycles. The van der Waals surface area contributed by atoms with Gasteiger partial charge < -0.3 is 15.0 Å². The first-order valence-corrected chi connectivity index (χ1v) is 6.47. The Kier molecular flexibility index (Phi) is 4.63. The summed E-state index contributed by atoms with van der Waals surface area (Å²) in [6.45, 7) is 1.68. The summed E-state index contributed by atoms with van der Waals surface area (Å²) in [6, 6.07) is 4.83. The molecule has 0 aromatic heterocycles. The van der Waals surface area contributed by atoms with E-state index < -0.39 is 11.8 Å². The van der Waals surface area contributed by atoms with Gasteiger partial charge in [0.2, 0.25) is 0 Å². The van der Waals surface area contributed by atoms with E-state index in [1.165, 1.54) is 4.90 Å². The van der Waals surface area contributed by atoms with E-state index in [-0.39, 0.29) is 15.7 Å². The summed E-state index contributed by atoms with van der Waals surface area (Å²) < 4.78 is 5.12. The fourth-order valence-electron chi connectivity index (χ4n) is 1.69. The number of para-hydroxylation sites is 1. The van der Waals surface area contributed by atoms with Crippen LogP contribution in [0.2, 0.25) is 10.0 Å². The predicted octanol–water partition coefficient (Wildman–Crippen LogP) is 1.79. The topological polar surface area (TPSA) is 58.6 Å². The Hall–Kier alpha value is -1.30. The lowest BCUT2D eigenvalue weighted by Crippen LogP contribution is -2.45. The molecule has 1 aromatic rings. The van der Waals surface area contributed by atoms with Crippen LogP contribution in [0.1, 0.15) is 0 Å². The molecule has 1 N–H and O–H groups in total. The van der Waals surface area contributed by atoms with Crippen molar-refractivity contribution in [3.8, 4) is 0 Å². The Morgan fingerprint density at radius 1 is 1.16 bits per heavy atom. The molecule has 0 radical (unpaired) electrons. The van der Waals surface area contributed by atoms with Crippen LogP contribution < -0.4 is 5.32 Å². The van der Waals surface area contributed by atoms with Crippen molar-refractivity contribution in [3.63, 3.8) is 0 Å². The van der Waals surface area contributed by atoms with Gasteiger partial charge in [0, 0.05) is 13.1 Å². The smallest absolute Gasteiger partial charge is 0.313 e. The van der Waals surface area contributed by atoms with E-state index in [1.807, 2.05) is 0 Å². The maximum atomic E-state index is 11.9. The molecule has 1 fully saturated rings. The normalized spacial score (nSPS) is 15.2. The number of nitrogens with zero attached hydrogens (tertiary/aromatic N) is 1. The van der Waals surface area contributed by atoms with E-state index in [4.69, 9.17) is 27.9 Å². The molecule has 1 aliphatic heterocycles. The quantitative estimate of drug-likeness (QED) is 0.805. The van der Waals surface area contributed by atoms with Crippen LogP contribution in [0.25, 0.3) is 0 Å². The molecule has 7 heteroatoms. The first-order valence-electron chi connectivity index (χ1n) is 5.71. The summed E-state index contributed by atoms with van der Waals surface area (Å²) >= 11 is 11.8. The molecule has 2 rings (SSSR count). The van der Waals surface area contributed by atoms with Gasteiger partial charge in [0.15, 0.2) is 0 Å². The molecule has 2 amide bonds. The first kappa shape index (κ1) is 14.1. The van der Waals surface area contributed by atoms with Gasteiger partial charge in [-0.2, -0.15) is 0 Å². The Balaban J connectivity index is 2.06. The number of ether oxygens (including phenoxy) is 1. The molecule has 0 bridgehead atoms. The lowest BCUT2D eigenvalue weighted by Gasteiger charge is -2.26. The van der Waals surface area contributed by atoms with Crippen LogP contribution in [0.4, 0.5) is 5.69 Å². The zero-order valence-corrected chi connectivity index (χ0v) is 11.5. The summed E-state index contributed by atoms with van der Waals surface area (Å²) in [6.07, 6.45) is 0. The number of carbonyl (C=O) groups is 2. The summed E-state index contributed by atoms with van der Waals surface area (Å²) in [5, 5.41) is 3.02. The summed E-state index contributed by atoms with van der Waals surface area (Å²) in [4.78, 5) is 25.2. The van der Waals surface area contributed by atoms with Gasteiger partial charge in [0.05, 0.1) is 28.9 Å². The number of carbonyl (C=O) groups excluding carboxylic acids is 2. The van der Waals surface area contributed by atoms with Crippen molar-refractivity contribution < 1.29 is 14.3 Å². The van der Waals surface area contributed by atoms with Gasteiger partial charge in [-0.3, -0.25) is 9.59 Å². The van der Waals surface area contributed by atoms with Gasteiger partial charge in [0.1, 0.15) is 0 Å². The molecule has 0 spiro atoms. The van der Waals surface area contributed by atoms with Crippen molar-refractivity contribution in [1.82, 2.24) is 4.90 Å². The number of benzene rings is 1. The molecular formula is C12H12Cl2N2O3.